The second-order valence-electron chi connectivity index (χ2n) is 8.33. The van der Waals surface area contributed by atoms with E-state index in [0.717, 1.165) is 33.3 Å². The van der Waals surface area contributed by atoms with Gasteiger partial charge in [0.05, 0.1) is 18.4 Å². The molecule has 2 heterocycles. The molecule has 5 aromatic rings. The average molecular weight is 437 g/mol. The highest BCUT2D eigenvalue weighted by Gasteiger charge is 2.19. The fraction of sp³-hybridized carbons (Fsp3) is 0.148. The van der Waals surface area contributed by atoms with Crippen molar-refractivity contribution in [3.63, 3.8) is 0 Å². The summed E-state index contributed by atoms with van der Waals surface area (Å²) >= 11 is 0. The third-order valence-corrected chi connectivity index (χ3v) is 5.90. The molecular weight excluding hydrogens is 412 g/mol. The summed E-state index contributed by atoms with van der Waals surface area (Å²) in [4.78, 5) is 31.2. The molecule has 0 saturated carbocycles. The van der Waals surface area contributed by atoms with Gasteiger partial charge in [0, 0.05) is 11.1 Å². The maximum atomic E-state index is 13.6. The molecule has 1 amide bonds. The van der Waals surface area contributed by atoms with E-state index in [1.807, 2.05) is 86.6 Å². The quantitative estimate of drug-likeness (QED) is 0.436. The first-order valence-electron chi connectivity index (χ1n) is 10.9. The fourth-order valence-corrected chi connectivity index (χ4v) is 4.22. The van der Waals surface area contributed by atoms with Crippen LogP contribution in [-0.2, 0) is 17.9 Å². The Balaban J connectivity index is 1.62. The lowest BCUT2D eigenvalue weighted by Crippen LogP contribution is -2.25. The lowest BCUT2D eigenvalue weighted by Gasteiger charge is -2.11. The number of hydrogen-bond donors (Lipinski definition) is 1. The number of rotatable bonds is 5. The smallest absolute Gasteiger partial charge is 0.278 e. The zero-order valence-corrected chi connectivity index (χ0v) is 18.6. The van der Waals surface area contributed by atoms with Crippen LogP contribution in [0, 0.1) is 13.8 Å². The van der Waals surface area contributed by atoms with Gasteiger partial charge < -0.3 is 9.88 Å². The molecule has 0 aliphatic heterocycles. The molecule has 164 valence electrons. The van der Waals surface area contributed by atoms with Gasteiger partial charge >= 0.3 is 0 Å². The molecule has 6 heteroatoms. The molecule has 0 spiro atoms. The van der Waals surface area contributed by atoms with Crippen LogP contribution in [0.2, 0.25) is 0 Å². The predicted octanol–water partition coefficient (Wildman–Crippen LogP) is 4.66. The number of carbonyl (C=O) groups is 1. The zero-order chi connectivity index (χ0) is 22.9. The second-order valence-corrected chi connectivity index (χ2v) is 8.33. The summed E-state index contributed by atoms with van der Waals surface area (Å²) in [6.07, 6.45) is 1.59. The van der Waals surface area contributed by atoms with E-state index in [-0.39, 0.29) is 18.0 Å². The van der Waals surface area contributed by atoms with Gasteiger partial charge in [-0.3, -0.25) is 14.2 Å². The molecule has 0 fully saturated rings. The maximum Gasteiger partial charge on any atom is 0.278 e. The van der Waals surface area contributed by atoms with Crippen molar-refractivity contribution in [3.05, 3.63) is 106 Å². The molecule has 0 bridgehead atoms. The summed E-state index contributed by atoms with van der Waals surface area (Å²) < 4.78 is 3.38. The third kappa shape index (κ3) is 3.91. The molecule has 2 aromatic heterocycles. The zero-order valence-electron chi connectivity index (χ0n) is 18.6. The van der Waals surface area contributed by atoms with Gasteiger partial charge in [-0.15, -0.1) is 0 Å². The summed E-state index contributed by atoms with van der Waals surface area (Å²) in [6.45, 7) is 4.39. The van der Waals surface area contributed by atoms with Crippen molar-refractivity contribution in [3.8, 4) is 0 Å². The monoisotopic (exact) mass is 436 g/mol. The molecule has 0 radical (unpaired) electrons. The lowest BCUT2D eigenvalue weighted by atomic mass is 10.1. The standard InChI is InChI=1S/C27H24N4O2/c1-18-12-13-23-21(14-18)25-26(27(33)30(17-28-25)15-20-9-4-3-5-10-20)31(23)16-24(32)29-22-11-7-6-8-19(22)2/h3-14,17H,15-16H2,1-2H3,(H,29,32). The number of benzene rings is 3. The van der Waals surface area contributed by atoms with Crippen molar-refractivity contribution < 1.29 is 4.79 Å². The van der Waals surface area contributed by atoms with Crippen LogP contribution in [0.15, 0.2) is 83.9 Å². The van der Waals surface area contributed by atoms with E-state index >= 15 is 0 Å². The first-order chi connectivity index (χ1) is 16.0. The number of amides is 1. The number of anilines is 1. The van der Waals surface area contributed by atoms with Gasteiger partial charge in [-0.2, -0.15) is 0 Å². The summed E-state index contributed by atoms with van der Waals surface area (Å²) in [5.41, 5.74) is 5.53. The SMILES string of the molecule is Cc1ccc2c(c1)c1ncn(Cc3ccccc3)c(=O)c1n2CC(=O)Nc1ccccc1C. The molecule has 0 unspecified atom stereocenters. The molecule has 33 heavy (non-hydrogen) atoms. The number of hydrogen-bond acceptors (Lipinski definition) is 3. The molecule has 6 nitrogen and oxygen atoms in total. The van der Waals surface area contributed by atoms with Crippen molar-refractivity contribution >= 4 is 33.5 Å². The van der Waals surface area contributed by atoms with Crippen LogP contribution < -0.4 is 10.9 Å². The summed E-state index contributed by atoms with van der Waals surface area (Å²) in [7, 11) is 0. The normalized spacial score (nSPS) is 11.2. The van der Waals surface area contributed by atoms with Crippen LogP contribution in [0.25, 0.3) is 21.9 Å². The minimum absolute atomic E-state index is 0.0175. The Kier molecular flexibility index (Phi) is 5.26. The second kappa shape index (κ2) is 8.39. The Morgan fingerprint density at radius 1 is 0.970 bits per heavy atom. The average Bonchev–Trinajstić information content (AvgIpc) is 3.11. The molecule has 1 N–H and O–H groups in total. The topological polar surface area (TPSA) is 68.9 Å². The van der Waals surface area contributed by atoms with Gasteiger partial charge in [0.25, 0.3) is 5.56 Å². The maximum absolute atomic E-state index is 13.6. The largest absolute Gasteiger partial charge is 0.325 e. The van der Waals surface area contributed by atoms with E-state index in [1.165, 1.54) is 0 Å². The van der Waals surface area contributed by atoms with Crippen molar-refractivity contribution in [2.24, 2.45) is 0 Å². The van der Waals surface area contributed by atoms with Gasteiger partial charge in [0.1, 0.15) is 17.6 Å². The number of nitrogens with zero attached hydrogens (tertiary/aromatic N) is 3. The van der Waals surface area contributed by atoms with Crippen LogP contribution in [0.5, 0.6) is 0 Å². The highest BCUT2D eigenvalue weighted by Crippen LogP contribution is 2.27. The molecule has 5 rings (SSSR count). The van der Waals surface area contributed by atoms with Gasteiger partial charge in [-0.25, -0.2) is 4.98 Å². The Labute approximate surface area is 191 Å². The Morgan fingerprint density at radius 3 is 2.52 bits per heavy atom. The number of fused-ring (bicyclic) bond motifs is 3. The minimum atomic E-state index is -0.193. The number of carbonyl (C=O) groups excluding carboxylic acids is 1. The predicted molar refractivity (Wildman–Crippen MR) is 132 cm³/mol. The molecule has 0 atom stereocenters. The van der Waals surface area contributed by atoms with Gasteiger partial charge in [-0.05, 0) is 43.2 Å². The van der Waals surface area contributed by atoms with Crippen molar-refractivity contribution in [2.45, 2.75) is 26.9 Å². The molecule has 0 aliphatic rings. The Hall–Kier alpha value is -4.19. The van der Waals surface area contributed by atoms with Crippen LogP contribution >= 0.6 is 0 Å². The fourth-order valence-electron chi connectivity index (χ4n) is 4.22. The summed E-state index contributed by atoms with van der Waals surface area (Å²) in [5, 5.41) is 3.85. The van der Waals surface area contributed by atoms with Crippen LogP contribution in [0.4, 0.5) is 5.69 Å². The number of aryl methyl sites for hydroxylation is 2. The summed E-state index contributed by atoms with van der Waals surface area (Å²) in [5.74, 6) is -0.193. The highest BCUT2D eigenvalue weighted by molar-refractivity contribution is 6.06. The number of nitrogens with one attached hydrogen (secondary N) is 1. The first-order valence-corrected chi connectivity index (χ1v) is 10.9. The molecule has 0 aliphatic carbocycles. The lowest BCUT2D eigenvalue weighted by molar-refractivity contribution is -0.116. The van der Waals surface area contributed by atoms with E-state index in [4.69, 9.17) is 0 Å². The van der Waals surface area contributed by atoms with Crippen LogP contribution in [-0.4, -0.2) is 20.0 Å². The molecular formula is C27H24N4O2. The van der Waals surface area contributed by atoms with Gasteiger partial charge in [-0.1, -0.05) is 60.2 Å². The third-order valence-electron chi connectivity index (χ3n) is 5.90. The van der Waals surface area contributed by atoms with E-state index in [9.17, 15) is 9.59 Å². The number of aromatic nitrogens is 3. The number of para-hydroxylation sites is 1. The molecule has 3 aromatic carbocycles. The Bertz CT molecular complexity index is 1550. The van der Waals surface area contributed by atoms with Gasteiger partial charge in [0.2, 0.25) is 5.91 Å². The van der Waals surface area contributed by atoms with E-state index in [1.54, 1.807) is 15.5 Å². The van der Waals surface area contributed by atoms with Crippen molar-refractivity contribution in [1.82, 2.24) is 14.1 Å². The highest BCUT2D eigenvalue weighted by atomic mass is 16.2. The van der Waals surface area contributed by atoms with E-state index in [2.05, 4.69) is 10.3 Å². The van der Waals surface area contributed by atoms with Gasteiger partial charge in [0.15, 0.2) is 0 Å². The van der Waals surface area contributed by atoms with Crippen LogP contribution in [0.1, 0.15) is 16.7 Å². The van der Waals surface area contributed by atoms with Crippen LogP contribution in [0.3, 0.4) is 0 Å². The van der Waals surface area contributed by atoms with Crippen molar-refractivity contribution in [2.75, 3.05) is 5.32 Å². The minimum Gasteiger partial charge on any atom is -0.325 e. The molecule has 0 saturated heterocycles. The van der Waals surface area contributed by atoms with Crippen molar-refractivity contribution in [1.29, 1.82) is 0 Å². The van der Waals surface area contributed by atoms with E-state index < -0.39 is 0 Å². The van der Waals surface area contributed by atoms with E-state index in [0.29, 0.717) is 17.6 Å². The first kappa shape index (κ1) is 20.7. The summed E-state index contributed by atoms with van der Waals surface area (Å²) in [6, 6.07) is 23.4. The Morgan fingerprint density at radius 2 is 1.73 bits per heavy atom.